The molecular formula is C12H17F2NO. The molecule has 4 heteroatoms. The average Bonchev–Trinajstić information content (AvgIpc) is 2.25. The zero-order valence-electron chi connectivity index (χ0n) is 9.50. The summed E-state index contributed by atoms with van der Waals surface area (Å²) in [4.78, 5) is 0. The van der Waals surface area contributed by atoms with Gasteiger partial charge in [-0.25, -0.2) is 8.78 Å². The van der Waals surface area contributed by atoms with E-state index in [0.717, 1.165) is 0 Å². The lowest BCUT2D eigenvalue weighted by Gasteiger charge is -2.21. The molecule has 0 aromatic heterocycles. The average molecular weight is 229 g/mol. The molecular weight excluding hydrogens is 212 g/mol. The third-order valence-corrected chi connectivity index (χ3v) is 2.63. The Morgan fingerprint density at radius 2 is 1.88 bits per heavy atom. The van der Waals surface area contributed by atoms with Gasteiger partial charge in [0.25, 0.3) is 0 Å². The van der Waals surface area contributed by atoms with E-state index in [1.54, 1.807) is 6.92 Å². The Morgan fingerprint density at radius 3 is 2.31 bits per heavy atom. The van der Waals surface area contributed by atoms with E-state index < -0.39 is 17.7 Å². The second kappa shape index (κ2) is 5.92. The van der Waals surface area contributed by atoms with E-state index >= 15 is 0 Å². The van der Waals surface area contributed by atoms with E-state index in [-0.39, 0.29) is 18.2 Å². The quantitative estimate of drug-likeness (QED) is 0.812. The first-order chi connectivity index (χ1) is 7.60. The number of nitrogens with one attached hydrogen (secondary N) is 1. The lowest BCUT2D eigenvalue weighted by molar-refractivity contribution is 0.228. The number of aliphatic hydroxyl groups is 1. The van der Waals surface area contributed by atoms with Gasteiger partial charge in [-0.3, -0.25) is 0 Å². The molecule has 1 aromatic carbocycles. The van der Waals surface area contributed by atoms with Crippen LogP contribution in [0.4, 0.5) is 8.78 Å². The van der Waals surface area contributed by atoms with Gasteiger partial charge in [0.2, 0.25) is 0 Å². The molecule has 0 amide bonds. The van der Waals surface area contributed by atoms with Crippen LogP contribution in [0.5, 0.6) is 0 Å². The van der Waals surface area contributed by atoms with Crippen LogP contribution in [0.25, 0.3) is 0 Å². The van der Waals surface area contributed by atoms with E-state index in [1.807, 2.05) is 6.92 Å². The van der Waals surface area contributed by atoms with Crippen LogP contribution in [0.1, 0.15) is 31.9 Å². The van der Waals surface area contributed by atoms with E-state index in [9.17, 15) is 8.78 Å². The van der Waals surface area contributed by atoms with Crippen molar-refractivity contribution in [3.8, 4) is 0 Å². The number of benzene rings is 1. The van der Waals surface area contributed by atoms with Crippen LogP contribution in [0.3, 0.4) is 0 Å². The van der Waals surface area contributed by atoms with Crippen molar-refractivity contribution in [1.82, 2.24) is 5.32 Å². The summed E-state index contributed by atoms with van der Waals surface area (Å²) >= 11 is 0. The van der Waals surface area contributed by atoms with E-state index in [4.69, 9.17) is 5.11 Å². The summed E-state index contributed by atoms with van der Waals surface area (Å²) in [5.74, 6) is -1.12. The Balaban J connectivity index is 2.83. The zero-order valence-corrected chi connectivity index (χ0v) is 9.50. The van der Waals surface area contributed by atoms with Crippen molar-refractivity contribution in [2.45, 2.75) is 32.4 Å². The van der Waals surface area contributed by atoms with Crippen LogP contribution in [-0.4, -0.2) is 17.8 Å². The normalized spacial score (nSPS) is 14.8. The summed E-state index contributed by atoms with van der Waals surface area (Å²) in [6, 6.07) is 3.20. The second-order valence-electron chi connectivity index (χ2n) is 3.81. The van der Waals surface area contributed by atoms with Crippen LogP contribution in [0, 0.1) is 11.6 Å². The van der Waals surface area contributed by atoms with Gasteiger partial charge < -0.3 is 10.4 Å². The molecule has 0 spiro atoms. The minimum Gasteiger partial charge on any atom is -0.395 e. The Labute approximate surface area is 94.3 Å². The second-order valence-corrected chi connectivity index (χ2v) is 3.81. The number of hydrogen-bond donors (Lipinski definition) is 2. The third-order valence-electron chi connectivity index (χ3n) is 2.63. The fourth-order valence-corrected chi connectivity index (χ4v) is 1.66. The maximum absolute atomic E-state index is 13.4. The molecule has 0 bridgehead atoms. The number of hydrogen-bond acceptors (Lipinski definition) is 2. The van der Waals surface area contributed by atoms with Crippen molar-refractivity contribution in [3.05, 3.63) is 35.4 Å². The summed E-state index contributed by atoms with van der Waals surface area (Å²) in [7, 11) is 0. The minimum absolute atomic E-state index is 0.0226. The molecule has 0 aliphatic heterocycles. The lowest BCUT2D eigenvalue weighted by atomic mass is 10.1. The van der Waals surface area contributed by atoms with E-state index in [0.29, 0.717) is 6.42 Å². The highest BCUT2D eigenvalue weighted by molar-refractivity contribution is 5.22. The molecule has 1 aromatic rings. The van der Waals surface area contributed by atoms with Gasteiger partial charge in [0.1, 0.15) is 11.6 Å². The summed E-state index contributed by atoms with van der Waals surface area (Å²) in [6.07, 6.45) is 0.705. The fourth-order valence-electron chi connectivity index (χ4n) is 1.66. The van der Waals surface area contributed by atoms with Crippen molar-refractivity contribution in [2.75, 3.05) is 6.61 Å². The molecule has 2 nitrogen and oxygen atoms in total. The van der Waals surface area contributed by atoms with Crippen LogP contribution in [-0.2, 0) is 0 Å². The van der Waals surface area contributed by atoms with Gasteiger partial charge in [-0.15, -0.1) is 0 Å². The molecule has 90 valence electrons. The van der Waals surface area contributed by atoms with Gasteiger partial charge in [-0.2, -0.15) is 0 Å². The van der Waals surface area contributed by atoms with Gasteiger partial charge in [-0.1, -0.05) is 13.0 Å². The minimum atomic E-state index is -0.562. The highest BCUT2D eigenvalue weighted by atomic mass is 19.1. The first kappa shape index (κ1) is 13.1. The van der Waals surface area contributed by atoms with Gasteiger partial charge in [0.05, 0.1) is 6.61 Å². The third kappa shape index (κ3) is 3.00. The maximum Gasteiger partial charge on any atom is 0.130 e. The summed E-state index contributed by atoms with van der Waals surface area (Å²) in [5, 5.41) is 12.0. The predicted octanol–water partition coefficient (Wildman–Crippen LogP) is 2.39. The van der Waals surface area contributed by atoms with Crippen molar-refractivity contribution in [3.63, 3.8) is 0 Å². The number of halogens is 2. The van der Waals surface area contributed by atoms with Gasteiger partial charge in [-0.05, 0) is 25.5 Å². The Bertz CT molecular complexity index is 320. The SMILES string of the molecule is CCC(CO)NC(C)c1c(F)cccc1F. The molecule has 0 heterocycles. The van der Waals surface area contributed by atoms with Crippen molar-refractivity contribution < 1.29 is 13.9 Å². The van der Waals surface area contributed by atoms with Gasteiger partial charge >= 0.3 is 0 Å². The van der Waals surface area contributed by atoms with E-state index in [1.165, 1.54) is 18.2 Å². The molecule has 0 aliphatic rings. The molecule has 0 aliphatic carbocycles. The molecule has 2 N–H and O–H groups in total. The fraction of sp³-hybridized carbons (Fsp3) is 0.500. The molecule has 0 fully saturated rings. The zero-order chi connectivity index (χ0) is 12.1. The Hall–Kier alpha value is -1.00. The van der Waals surface area contributed by atoms with Crippen LogP contribution < -0.4 is 5.32 Å². The largest absolute Gasteiger partial charge is 0.395 e. The molecule has 1 rings (SSSR count). The highest BCUT2D eigenvalue weighted by Crippen LogP contribution is 2.20. The van der Waals surface area contributed by atoms with Gasteiger partial charge in [0.15, 0.2) is 0 Å². The maximum atomic E-state index is 13.4. The molecule has 16 heavy (non-hydrogen) atoms. The summed E-state index contributed by atoms with van der Waals surface area (Å²) in [5.41, 5.74) is 0.0226. The van der Waals surface area contributed by atoms with Crippen LogP contribution in [0.2, 0.25) is 0 Å². The highest BCUT2D eigenvalue weighted by Gasteiger charge is 2.17. The van der Waals surface area contributed by atoms with E-state index in [2.05, 4.69) is 5.32 Å². The Kier molecular flexibility index (Phi) is 4.83. The molecule has 0 saturated heterocycles. The van der Waals surface area contributed by atoms with Crippen molar-refractivity contribution >= 4 is 0 Å². The first-order valence-electron chi connectivity index (χ1n) is 5.41. The molecule has 0 saturated carbocycles. The smallest absolute Gasteiger partial charge is 0.130 e. The number of rotatable bonds is 5. The van der Waals surface area contributed by atoms with Crippen molar-refractivity contribution in [2.24, 2.45) is 0 Å². The molecule has 0 radical (unpaired) electrons. The first-order valence-corrected chi connectivity index (χ1v) is 5.41. The topological polar surface area (TPSA) is 32.3 Å². The van der Waals surface area contributed by atoms with Crippen molar-refractivity contribution in [1.29, 1.82) is 0 Å². The number of aliphatic hydroxyl groups excluding tert-OH is 1. The van der Waals surface area contributed by atoms with Crippen LogP contribution in [0.15, 0.2) is 18.2 Å². The Morgan fingerprint density at radius 1 is 1.31 bits per heavy atom. The molecule has 2 atom stereocenters. The monoisotopic (exact) mass is 229 g/mol. The summed E-state index contributed by atoms with van der Waals surface area (Å²) < 4.78 is 26.8. The predicted molar refractivity (Wildman–Crippen MR) is 59.1 cm³/mol. The lowest BCUT2D eigenvalue weighted by Crippen LogP contribution is -2.34. The summed E-state index contributed by atoms with van der Waals surface area (Å²) in [6.45, 7) is 3.54. The standard InChI is InChI=1S/C12H17F2NO/c1-3-9(7-16)15-8(2)12-10(13)5-4-6-11(12)14/h4-6,8-9,15-16H,3,7H2,1-2H3. The van der Waals surface area contributed by atoms with Gasteiger partial charge in [0, 0.05) is 17.6 Å². The van der Waals surface area contributed by atoms with Crippen LogP contribution >= 0.6 is 0 Å². The molecule has 2 unspecified atom stereocenters.